The fourth-order valence-electron chi connectivity index (χ4n) is 1.77. The first kappa shape index (κ1) is 17.0. The predicted octanol–water partition coefficient (Wildman–Crippen LogP) is 4.69. The molecule has 0 atom stereocenters. The summed E-state index contributed by atoms with van der Waals surface area (Å²) >= 11 is 0. The smallest absolute Gasteiger partial charge is 0.411 e. The van der Waals surface area contributed by atoms with E-state index in [9.17, 15) is 0 Å². The van der Waals surface area contributed by atoms with Gasteiger partial charge in [0, 0.05) is 13.2 Å². The Kier molecular flexibility index (Phi) is 14.0. The van der Waals surface area contributed by atoms with Crippen molar-refractivity contribution in [1.29, 1.82) is 0 Å². The summed E-state index contributed by atoms with van der Waals surface area (Å²) in [7, 11) is 0.0262. The quantitative estimate of drug-likeness (QED) is 0.344. The highest BCUT2D eigenvalue weighted by molar-refractivity contribution is 6.44. The van der Waals surface area contributed by atoms with Crippen LogP contribution in [0.15, 0.2) is 0 Å². The third-order valence-electron chi connectivity index (χ3n) is 2.94. The van der Waals surface area contributed by atoms with Crippen LogP contribution in [-0.4, -0.2) is 20.3 Å². The van der Waals surface area contributed by atoms with Crippen LogP contribution >= 0.6 is 0 Å². The van der Waals surface area contributed by atoms with E-state index in [0.29, 0.717) is 0 Å². The summed E-state index contributed by atoms with van der Waals surface area (Å²) in [5.41, 5.74) is 0. The fourth-order valence-corrected chi connectivity index (χ4v) is 1.77. The lowest BCUT2D eigenvalue weighted by atomic mass is 9.86. The van der Waals surface area contributed by atoms with Crippen molar-refractivity contribution in [3.05, 3.63) is 0 Å². The first-order valence-corrected chi connectivity index (χ1v) is 7.58. The van der Waals surface area contributed by atoms with Crippen molar-refractivity contribution in [2.24, 2.45) is 0 Å². The highest BCUT2D eigenvalue weighted by atomic mass is 16.6. The average molecular weight is 242 g/mol. The third-order valence-corrected chi connectivity index (χ3v) is 2.94. The Bertz CT molecular complexity index is 128. The van der Waals surface area contributed by atoms with Crippen molar-refractivity contribution in [1.82, 2.24) is 0 Å². The van der Waals surface area contributed by atoms with Crippen molar-refractivity contribution < 1.29 is 9.31 Å². The molecule has 17 heavy (non-hydrogen) atoms. The van der Waals surface area contributed by atoms with E-state index < -0.39 is 0 Å². The first-order valence-electron chi connectivity index (χ1n) is 7.58. The zero-order chi connectivity index (χ0) is 12.8. The standard InChI is InChI=1S/C14H31BO2/c1-4-7-9-11-13-16-15(6-3)17-14-12-10-8-5-2/h4-14H2,1-3H3. The molecule has 0 amide bonds. The third kappa shape index (κ3) is 12.2. The number of unbranched alkanes of at least 4 members (excludes halogenated alkanes) is 6. The van der Waals surface area contributed by atoms with Crippen molar-refractivity contribution in [3.63, 3.8) is 0 Å². The van der Waals surface area contributed by atoms with E-state index >= 15 is 0 Å². The number of hydrogen-bond donors (Lipinski definition) is 0. The first-order chi connectivity index (χ1) is 8.35. The molecule has 0 radical (unpaired) electrons. The molecule has 0 N–H and O–H groups in total. The second kappa shape index (κ2) is 14.0. The molecule has 0 rings (SSSR count). The summed E-state index contributed by atoms with van der Waals surface area (Å²) in [6, 6.07) is 0. The average Bonchev–Trinajstić information content (AvgIpc) is 2.36. The molecule has 102 valence electrons. The largest absolute Gasteiger partial charge is 0.456 e. The Hall–Kier alpha value is -0.0151. The topological polar surface area (TPSA) is 18.5 Å². The monoisotopic (exact) mass is 242 g/mol. The van der Waals surface area contributed by atoms with Gasteiger partial charge in [0.2, 0.25) is 0 Å². The van der Waals surface area contributed by atoms with Crippen LogP contribution < -0.4 is 0 Å². The van der Waals surface area contributed by atoms with Gasteiger partial charge in [-0.05, 0) is 19.2 Å². The van der Waals surface area contributed by atoms with Crippen LogP contribution in [0.4, 0.5) is 0 Å². The van der Waals surface area contributed by atoms with E-state index in [1.807, 2.05) is 0 Å². The van der Waals surface area contributed by atoms with Crippen LogP contribution in [0.5, 0.6) is 0 Å². The van der Waals surface area contributed by atoms with E-state index in [2.05, 4.69) is 20.8 Å². The van der Waals surface area contributed by atoms with Gasteiger partial charge < -0.3 is 9.31 Å². The van der Waals surface area contributed by atoms with Gasteiger partial charge in [0.1, 0.15) is 0 Å². The van der Waals surface area contributed by atoms with Gasteiger partial charge in [-0.15, -0.1) is 0 Å². The Morgan fingerprint density at radius 2 is 1.12 bits per heavy atom. The summed E-state index contributed by atoms with van der Waals surface area (Å²) in [5.74, 6) is 0. The zero-order valence-corrected chi connectivity index (χ0v) is 12.2. The van der Waals surface area contributed by atoms with E-state index in [1.54, 1.807) is 0 Å². The molecule has 0 aromatic carbocycles. The molecule has 0 saturated heterocycles. The van der Waals surface area contributed by atoms with Crippen molar-refractivity contribution in [2.75, 3.05) is 13.2 Å². The molecule has 0 spiro atoms. The highest BCUT2D eigenvalue weighted by Crippen LogP contribution is 2.05. The summed E-state index contributed by atoms with van der Waals surface area (Å²) < 4.78 is 11.4. The van der Waals surface area contributed by atoms with Crippen molar-refractivity contribution in [2.45, 2.75) is 78.5 Å². The van der Waals surface area contributed by atoms with Gasteiger partial charge in [0.15, 0.2) is 0 Å². The molecular weight excluding hydrogens is 211 g/mol. The van der Waals surface area contributed by atoms with Crippen LogP contribution in [0.2, 0.25) is 6.32 Å². The minimum atomic E-state index is 0.0262. The molecule has 0 bridgehead atoms. The van der Waals surface area contributed by atoms with E-state index in [-0.39, 0.29) is 7.12 Å². The van der Waals surface area contributed by atoms with Gasteiger partial charge in [-0.2, -0.15) is 0 Å². The van der Waals surface area contributed by atoms with Crippen molar-refractivity contribution >= 4 is 7.12 Å². The Morgan fingerprint density at radius 1 is 0.647 bits per heavy atom. The van der Waals surface area contributed by atoms with Crippen LogP contribution in [-0.2, 0) is 9.31 Å². The maximum atomic E-state index is 5.72. The Labute approximate surface area is 109 Å². The number of hydrogen-bond acceptors (Lipinski definition) is 2. The van der Waals surface area contributed by atoms with Crippen LogP contribution in [0.3, 0.4) is 0 Å². The normalized spacial score (nSPS) is 10.8. The molecule has 0 saturated carbocycles. The minimum Gasteiger partial charge on any atom is -0.411 e. The number of rotatable bonds is 13. The second-order valence-corrected chi connectivity index (χ2v) is 4.70. The molecular formula is C14H31BO2. The van der Waals surface area contributed by atoms with Crippen LogP contribution in [0.1, 0.15) is 72.1 Å². The van der Waals surface area contributed by atoms with Gasteiger partial charge in [0.05, 0.1) is 0 Å². The van der Waals surface area contributed by atoms with E-state index in [0.717, 1.165) is 19.5 Å². The summed E-state index contributed by atoms with van der Waals surface area (Å²) in [4.78, 5) is 0. The highest BCUT2D eigenvalue weighted by Gasteiger charge is 2.14. The molecule has 0 aromatic rings. The van der Waals surface area contributed by atoms with Crippen molar-refractivity contribution in [3.8, 4) is 0 Å². The summed E-state index contributed by atoms with van der Waals surface area (Å²) in [6.07, 6.45) is 11.1. The van der Waals surface area contributed by atoms with Crippen LogP contribution in [0, 0.1) is 0 Å². The second-order valence-electron chi connectivity index (χ2n) is 4.70. The van der Waals surface area contributed by atoms with Gasteiger partial charge >= 0.3 is 7.12 Å². The van der Waals surface area contributed by atoms with Gasteiger partial charge in [-0.25, -0.2) is 0 Å². The molecule has 3 heteroatoms. The molecule has 0 heterocycles. The summed E-state index contributed by atoms with van der Waals surface area (Å²) in [6.45, 7) is 8.30. The fraction of sp³-hybridized carbons (Fsp3) is 1.00. The maximum absolute atomic E-state index is 5.72. The van der Waals surface area contributed by atoms with Gasteiger partial charge in [0.25, 0.3) is 0 Å². The van der Waals surface area contributed by atoms with Gasteiger partial charge in [-0.1, -0.05) is 59.3 Å². The van der Waals surface area contributed by atoms with Crippen LogP contribution in [0.25, 0.3) is 0 Å². The lowest BCUT2D eigenvalue weighted by Crippen LogP contribution is -2.23. The summed E-state index contributed by atoms with van der Waals surface area (Å²) in [5, 5.41) is 0. The predicted molar refractivity (Wildman–Crippen MR) is 76.4 cm³/mol. The van der Waals surface area contributed by atoms with Gasteiger partial charge in [-0.3, -0.25) is 0 Å². The maximum Gasteiger partial charge on any atom is 0.456 e. The molecule has 0 aliphatic rings. The minimum absolute atomic E-state index is 0.0262. The molecule has 0 aliphatic heterocycles. The Balaban J connectivity index is 3.30. The molecule has 2 nitrogen and oxygen atoms in total. The lowest BCUT2D eigenvalue weighted by Gasteiger charge is -2.13. The molecule has 0 aromatic heterocycles. The Morgan fingerprint density at radius 3 is 1.47 bits per heavy atom. The van der Waals surface area contributed by atoms with E-state index in [1.165, 1.54) is 51.4 Å². The SMILES string of the molecule is CCCCCCOB(CC)OCCCCCC. The van der Waals surface area contributed by atoms with E-state index in [4.69, 9.17) is 9.31 Å². The molecule has 0 aliphatic carbocycles. The lowest BCUT2D eigenvalue weighted by molar-refractivity contribution is 0.190. The molecule has 0 unspecified atom stereocenters. The molecule has 0 fully saturated rings. The zero-order valence-electron chi connectivity index (χ0n) is 12.2.